The van der Waals surface area contributed by atoms with Crippen molar-refractivity contribution in [3.05, 3.63) is 12.3 Å². The molecule has 1 saturated carbocycles. The largest absolute Gasteiger partial charge is 0.356 e. The third-order valence-electron chi connectivity index (χ3n) is 9.31. The first-order valence-electron chi connectivity index (χ1n) is 15.3. The van der Waals surface area contributed by atoms with Gasteiger partial charge >= 0.3 is 0 Å². The summed E-state index contributed by atoms with van der Waals surface area (Å²) in [7, 11) is 0. The molecule has 8 heteroatoms. The molecule has 0 aromatic carbocycles. The Morgan fingerprint density at radius 2 is 1.65 bits per heavy atom. The van der Waals surface area contributed by atoms with Crippen molar-refractivity contribution in [1.82, 2.24) is 24.7 Å². The number of carbonyl (C=O) groups excluding carboxylic acids is 1. The molecule has 1 N–H and O–H groups in total. The van der Waals surface area contributed by atoms with Gasteiger partial charge in [0, 0.05) is 77.1 Å². The van der Waals surface area contributed by atoms with E-state index in [1.807, 2.05) is 11.1 Å². The van der Waals surface area contributed by atoms with Crippen LogP contribution in [0.15, 0.2) is 12.3 Å². The summed E-state index contributed by atoms with van der Waals surface area (Å²) in [4.78, 5) is 31.2. The van der Waals surface area contributed by atoms with Crippen LogP contribution in [0.4, 0.5) is 11.8 Å². The van der Waals surface area contributed by atoms with Crippen LogP contribution in [0.5, 0.6) is 0 Å². The van der Waals surface area contributed by atoms with E-state index >= 15 is 0 Å². The number of likely N-dealkylation sites (tertiary alicyclic amines) is 1. The van der Waals surface area contributed by atoms with Crippen molar-refractivity contribution in [2.45, 2.75) is 102 Å². The van der Waals surface area contributed by atoms with Gasteiger partial charge in [-0.2, -0.15) is 4.98 Å². The zero-order chi connectivity index (χ0) is 25.5. The minimum Gasteiger partial charge on any atom is -0.356 e. The van der Waals surface area contributed by atoms with E-state index in [1.54, 1.807) is 6.92 Å². The van der Waals surface area contributed by atoms with Gasteiger partial charge in [-0.15, -0.1) is 0 Å². The van der Waals surface area contributed by atoms with Crippen LogP contribution in [0.3, 0.4) is 0 Å². The van der Waals surface area contributed by atoms with Crippen LogP contribution in [0.2, 0.25) is 0 Å². The van der Waals surface area contributed by atoms with Crippen molar-refractivity contribution in [3.8, 4) is 0 Å². The molecule has 37 heavy (non-hydrogen) atoms. The number of piperazine rings is 1. The summed E-state index contributed by atoms with van der Waals surface area (Å²) in [5.41, 5.74) is 0. The Labute approximate surface area is 224 Å². The summed E-state index contributed by atoms with van der Waals surface area (Å²) in [6.45, 7) is 10.0. The van der Waals surface area contributed by atoms with Crippen molar-refractivity contribution < 1.29 is 4.79 Å². The van der Waals surface area contributed by atoms with Crippen molar-refractivity contribution in [2.75, 3.05) is 62.6 Å². The monoisotopic (exact) mass is 511 g/mol. The maximum Gasteiger partial charge on any atom is 0.224 e. The maximum atomic E-state index is 11.7. The number of anilines is 2. The zero-order valence-electron chi connectivity index (χ0n) is 23.1. The number of rotatable bonds is 8. The standard InChI is InChI=1S/C29H49N7O/c1-24(37)34-22-20-33(21-23-34)16-9-12-27-26(14-19-36(27)25-10-5-4-6-11-25)31-29-30-15-13-28(32-29)35-17-7-2-3-8-18-35/h13,15,25-27H,2-12,14,16-23H2,1H3,(H,30,31,32). The Morgan fingerprint density at radius 3 is 2.38 bits per heavy atom. The normalized spacial score (nSPS) is 26.8. The lowest BCUT2D eigenvalue weighted by molar-refractivity contribution is -0.130. The Morgan fingerprint density at radius 1 is 0.919 bits per heavy atom. The summed E-state index contributed by atoms with van der Waals surface area (Å²) in [6, 6.07) is 3.79. The predicted octanol–water partition coefficient (Wildman–Crippen LogP) is 3.99. The molecule has 206 valence electrons. The highest BCUT2D eigenvalue weighted by atomic mass is 16.2. The number of nitrogens with zero attached hydrogens (tertiary/aromatic N) is 6. The third kappa shape index (κ3) is 7.14. The predicted molar refractivity (Wildman–Crippen MR) is 150 cm³/mol. The number of hydrogen-bond acceptors (Lipinski definition) is 7. The average molecular weight is 512 g/mol. The van der Waals surface area contributed by atoms with Crippen LogP contribution < -0.4 is 10.2 Å². The smallest absolute Gasteiger partial charge is 0.224 e. The molecule has 4 fully saturated rings. The SMILES string of the molecule is CC(=O)N1CCN(CCCC2C(Nc3nccc(N4CCCCCC4)n3)CCN2C2CCCCC2)CC1. The molecule has 4 heterocycles. The Balaban J connectivity index is 1.20. The van der Waals surface area contributed by atoms with Crippen molar-refractivity contribution in [1.29, 1.82) is 0 Å². The van der Waals surface area contributed by atoms with Crippen molar-refractivity contribution in [2.24, 2.45) is 0 Å². The van der Waals surface area contributed by atoms with Gasteiger partial charge in [-0.3, -0.25) is 14.6 Å². The molecule has 0 bridgehead atoms. The van der Waals surface area contributed by atoms with Crippen LogP contribution in [-0.4, -0.2) is 101 Å². The van der Waals surface area contributed by atoms with E-state index in [2.05, 4.69) is 31.1 Å². The van der Waals surface area contributed by atoms with Gasteiger partial charge in [-0.1, -0.05) is 32.1 Å². The van der Waals surface area contributed by atoms with Gasteiger partial charge in [0.2, 0.25) is 11.9 Å². The molecule has 3 aliphatic heterocycles. The fourth-order valence-corrected chi connectivity index (χ4v) is 7.15. The second kappa shape index (κ2) is 13.2. The first kappa shape index (κ1) is 26.7. The molecule has 8 nitrogen and oxygen atoms in total. The van der Waals surface area contributed by atoms with Gasteiger partial charge in [0.25, 0.3) is 0 Å². The molecule has 1 aromatic heterocycles. The van der Waals surface area contributed by atoms with Gasteiger partial charge in [0.15, 0.2) is 0 Å². The van der Waals surface area contributed by atoms with Gasteiger partial charge in [-0.05, 0) is 57.6 Å². The summed E-state index contributed by atoms with van der Waals surface area (Å²) in [6.07, 6.45) is 17.6. The van der Waals surface area contributed by atoms with Crippen LogP contribution in [0.1, 0.15) is 84.0 Å². The van der Waals surface area contributed by atoms with Gasteiger partial charge in [0.1, 0.15) is 5.82 Å². The lowest BCUT2D eigenvalue weighted by Gasteiger charge is -2.38. The van der Waals surface area contributed by atoms with E-state index in [9.17, 15) is 4.79 Å². The average Bonchev–Trinajstić information content (AvgIpc) is 3.12. The Bertz CT molecular complexity index is 844. The number of amides is 1. The first-order valence-corrected chi connectivity index (χ1v) is 15.3. The molecule has 1 amide bonds. The zero-order valence-corrected chi connectivity index (χ0v) is 23.1. The van der Waals surface area contributed by atoms with Gasteiger partial charge in [0.05, 0.1) is 0 Å². The molecule has 2 atom stereocenters. The highest BCUT2D eigenvalue weighted by Gasteiger charge is 2.38. The molecule has 1 aromatic rings. The highest BCUT2D eigenvalue weighted by Crippen LogP contribution is 2.33. The number of aromatic nitrogens is 2. The molecular formula is C29H49N7O. The Kier molecular flexibility index (Phi) is 9.54. The lowest BCUT2D eigenvalue weighted by Crippen LogP contribution is -2.49. The highest BCUT2D eigenvalue weighted by molar-refractivity contribution is 5.73. The second-order valence-corrected chi connectivity index (χ2v) is 11.8. The molecule has 1 aliphatic carbocycles. The molecule has 0 spiro atoms. The van der Waals surface area contributed by atoms with Crippen molar-refractivity contribution in [3.63, 3.8) is 0 Å². The molecule has 5 rings (SSSR count). The topological polar surface area (TPSA) is 67.8 Å². The van der Waals surface area contributed by atoms with E-state index in [0.717, 1.165) is 63.6 Å². The van der Waals surface area contributed by atoms with E-state index < -0.39 is 0 Å². The number of carbonyl (C=O) groups is 1. The van der Waals surface area contributed by atoms with Crippen LogP contribution in [0.25, 0.3) is 0 Å². The third-order valence-corrected chi connectivity index (χ3v) is 9.31. The minimum atomic E-state index is 0.213. The van der Waals surface area contributed by atoms with Crippen LogP contribution in [-0.2, 0) is 4.79 Å². The van der Waals surface area contributed by atoms with E-state index in [-0.39, 0.29) is 5.91 Å². The van der Waals surface area contributed by atoms with Gasteiger partial charge < -0.3 is 15.1 Å². The first-order chi connectivity index (χ1) is 18.2. The lowest BCUT2D eigenvalue weighted by atomic mass is 9.92. The molecule has 0 radical (unpaired) electrons. The minimum absolute atomic E-state index is 0.213. The Hall–Kier alpha value is -1.93. The fraction of sp³-hybridized carbons (Fsp3) is 0.828. The van der Waals surface area contributed by atoms with Crippen LogP contribution >= 0.6 is 0 Å². The fourth-order valence-electron chi connectivity index (χ4n) is 7.15. The summed E-state index contributed by atoms with van der Waals surface area (Å²) < 4.78 is 0. The van der Waals surface area contributed by atoms with E-state index in [1.165, 1.54) is 83.6 Å². The van der Waals surface area contributed by atoms with E-state index in [0.29, 0.717) is 12.1 Å². The summed E-state index contributed by atoms with van der Waals surface area (Å²) in [5, 5.41) is 3.81. The summed E-state index contributed by atoms with van der Waals surface area (Å²) >= 11 is 0. The maximum absolute atomic E-state index is 11.7. The second-order valence-electron chi connectivity index (χ2n) is 11.8. The van der Waals surface area contributed by atoms with Crippen LogP contribution in [0, 0.1) is 0 Å². The molecule has 4 aliphatic rings. The number of nitrogens with one attached hydrogen (secondary N) is 1. The quantitative estimate of drug-likeness (QED) is 0.566. The number of hydrogen-bond donors (Lipinski definition) is 1. The molecular weight excluding hydrogens is 462 g/mol. The molecule has 2 unspecified atom stereocenters. The molecule has 3 saturated heterocycles. The van der Waals surface area contributed by atoms with E-state index in [4.69, 9.17) is 4.98 Å². The van der Waals surface area contributed by atoms with Gasteiger partial charge in [-0.25, -0.2) is 4.98 Å². The summed E-state index contributed by atoms with van der Waals surface area (Å²) in [5.74, 6) is 2.11. The van der Waals surface area contributed by atoms with Crippen molar-refractivity contribution >= 4 is 17.7 Å².